The topological polar surface area (TPSA) is 83.8 Å². The van der Waals surface area contributed by atoms with Crippen molar-refractivity contribution in [1.82, 2.24) is 15.5 Å². The van der Waals surface area contributed by atoms with Crippen LogP contribution in [0.5, 0.6) is 0 Å². The van der Waals surface area contributed by atoms with Crippen LogP contribution in [-0.2, 0) is 11.3 Å². The molecule has 1 amide bonds. The minimum absolute atomic E-state index is 0.00602. The molecule has 5 nitrogen and oxygen atoms in total. The van der Waals surface area contributed by atoms with Gasteiger partial charge in [0.1, 0.15) is 0 Å². The van der Waals surface area contributed by atoms with E-state index < -0.39 is 0 Å². The fourth-order valence-corrected chi connectivity index (χ4v) is 1.41. The second kappa shape index (κ2) is 4.10. The van der Waals surface area contributed by atoms with Crippen LogP contribution in [0.3, 0.4) is 0 Å². The Morgan fingerprint density at radius 3 is 3.07 bits per heavy atom. The largest absolute Gasteiger partial charge is 0.349 e. The van der Waals surface area contributed by atoms with E-state index in [1.165, 1.54) is 0 Å². The van der Waals surface area contributed by atoms with Gasteiger partial charge in [-0.05, 0) is 6.07 Å². The van der Waals surface area contributed by atoms with E-state index in [9.17, 15) is 4.79 Å². The number of aromatic nitrogens is 2. The van der Waals surface area contributed by atoms with E-state index in [0.717, 1.165) is 16.6 Å². The minimum Gasteiger partial charge on any atom is -0.349 e. The summed E-state index contributed by atoms with van der Waals surface area (Å²) in [5.74, 6) is -0.173. The Labute approximate surface area is 86.7 Å². The van der Waals surface area contributed by atoms with Gasteiger partial charge in [0, 0.05) is 5.39 Å². The molecule has 1 aromatic carbocycles. The quantitative estimate of drug-likeness (QED) is 0.664. The molecule has 78 valence electrons. The average molecular weight is 204 g/mol. The first-order chi connectivity index (χ1) is 7.31. The number of aromatic amines is 1. The van der Waals surface area contributed by atoms with Crippen molar-refractivity contribution in [1.29, 1.82) is 0 Å². The lowest BCUT2D eigenvalue weighted by Crippen LogP contribution is -2.29. The summed E-state index contributed by atoms with van der Waals surface area (Å²) in [6.45, 7) is 0.433. The summed E-state index contributed by atoms with van der Waals surface area (Å²) in [5.41, 5.74) is 6.98. The van der Waals surface area contributed by atoms with Crippen molar-refractivity contribution in [3.05, 3.63) is 30.0 Å². The first kappa shape index (κ1) is 9.67. The molecule has 0 fully saturated rings. The lowest BCUT2D eigenvalue weighted by molar-refractivity contribution is -0.119. The first-order valence-corrected chi connectivity index (χ1v) is 4.70. The Bertz CT molecular complexity index is 477. The van der Waals surface area contributed by atoms with Gasteiger partial charge in [-0.1, -0.05) is 18.2 Å². The summed E-state index contributed by atoms with van der Waals surface area (Å²) in [5, 5.41) is 10.7. The highest BCUT2D eigenvalue weighted by Crippen LogP contribution is 2.14. The summed E-state index contributed by atoms with van der Waals surface area (Å²) in [6.07, 6.45) is 0. The van der Waals surface area contributed by atoms with Gasteiger partial charge >= 0.3 is 0 Å². The zero-order valence-corrected chi connectivity index (χ0v) is 8.16. The van der Waals surface area contributed by atoms with Gasteiger partial charge in [-0.25, -0.2) is 0 Å². The number of hydrogen-bond donors (Lipinski definition) is 3. The van der Waals surface area contributed by atoms with Gasteiger partial charge in [-0.15, -0.1) is 0 Å². The Balaban J connectivity index is 2.18. The molecule has 5 heteroatoms. The van der Waals surface area contributed by atoms with Gasteiger partial charge in [-0.2, -0.15) is 5.10 Å². The van der Waals surface area contributed by atoms with Crippen molar-refractivity contribution in [2.24, 2.45) is 5.73 Å². The van der Waals surface area contributed by atoms with Crippen LogP contribution in [0.2, 0.25) is 0 Å². The van der Waals surface area contributed by atoms with Crippen LogP contribution >= 0.6 is 0 Å². The molecule has 0 saturated carbocycles. The van der Waals surface area contributed by atoms with Crippen LogP contribution in [0.25, 0.3) is 10.9 Å². The predicted molar refractivity (Wildman–Crippen MR) is 57.0 cm³/mol. The first-order valence-electron chi connectivity index (χ1n) is 4.70. The van der Waals surface area contributed by atoms with E-state index in [1.807, 2.05) is 24.3 Å². The molecule has 1 aromatic heterocycles. The molecule has 0 unspecified atom stereocenters. The maximum atomic E-state index is 11.0. The van der Waals surface area contributed by atoms with E-state index in [2.05, 4.69) is 15.5 Å². The van der Waals surface area contributed by atoms with Crippen molar-refractivity contribution in [3.8, 4) is 0 Å². The van der Waals surface area contributed by atoms with E-state index in [0.29, 0.717) is 6.54 Å². The third-order valence-electron chi connectivity index (χ3n) is 2.19. The smallest absolute Gasteiger partial charge is 0.234 e. The van der Waals surface area contributed by atoms with Gasteiger partial charge < -0.3 is 11.1 Å². The van der Waals surface area contributed by atoms with Crippen molar-refractivity contribution in [2.45, 2.75) is 6.54 Å². The number of nitrogens with zero attached hydrogens (tertiary/aromatic N) is 1. The molecule has 0 bridgehead atoms. The zero-order chi connectivity index (χ0) is 10.7. The van der Waals surface area contributed by atoms with Crippen LogP contribution in [0.4, 0.5) is 0 Å². The minimum atomic E-state index is -0.173. The van der Waals surface area contributed by atoms with Gasteiger partial charge in [0.2, 0.25) is 5.91 Å². The van der Waals surface area contributed by atoms with Crippen LogP contribution in [0.1, 0.15) is 5.69 Å². The molecule has 2 aromatic rings. The lowest BCUT2D eigenvalue weighted by atomic mass is 10.2. The van der Waals surface area contributed by atoms with Gasteiger partial charge in [0.15, 0.2) is 0 Å². The van der Waals surface area contributed by atoms with Crippen LogP contribution in [0.15, 0.2) is 24.3 Å². The fourth-order valence-electron chi connectivity index (χ4n) is 1.41. The van der Waals surface area contributed by atoms with E-state index in [-0.39, 0.29) is 12.5 Å². The maximum absolute atomic E-state index is 11.0. The Hall–Kier alpha value is -1.88. The molecule has 2 rings (SSSR count). The summed E-state index contributed by atoms with van der Waals surface area (Å²) in [6, 6.07) is 7.74. The average Bonchev–Trinajstić information content (AvgIpc) is 2.69. The molecule has 1 heterocycles. The van der Waals surface area contributed by atoms with E-state index >= 15 is 0 Å². The molecule has 0 saturated heterocycles. The molecular weight excluding hydrogens is 192 g/mol. The number of H-pyrrole nitrogens is 1. The Morgan fingerprint density at radius 1 is 1.47 bits per heavy atom. The summed E-state index contributed by atoms with van der Waals surface area (Å²) >= 11 is 0. The molecule has 0 spiro atoms. The van der Waals surface area contributed by atoms with Crippen molar-refractivity contribution < 1.29 is 4.79 Å². The molecule has 4 N–H and O–H groups in total. The number of nitrogens with two attached hydrogens (primary N) is 1. The van der Waals surface area contributed by atoms with Crippen LogP contribution in [-0.4, -0.2) is 22.6 Å². The number of para-hydroxylation sites is 1. The monoisotopic (exact) mass is 204 g/mol. The molecule has 0 aliphatic heterocycles. The highest BCUT2D eigenvalue weighted by Gasteiger charge is 2.04. The summed E-state index contributed by atoms with van der Waals surface area (Å²) < 4.78 is 0. The zero-order valence-electron chi connectivity index (χ0n) is 8.16. The van der Waals surface area contributed by atoms with Crippen LogP contribution in [0, 0.1) is 0 Å². The summed E-state index contributed by atoms with van der Waals surface area (Å²) in [7, 11) is 0. The number of amides is 1. The van der Waals surface area contributed by atoms with Crippen LogP contribution < -0.4 is 11.1 Å². The molecule has 0 radical (unpaired) electrons. The second-order valence-electron chi connectivity index (χ2n) is 3.20. The highest BCUT2D eigenvalue weighted by atomic mass is 16.1. The van der Waals surface area contributed by atoms with Gasteiger partial charge in [0.25, 0.3) is 0 Å². The Kier molecular flexibility index (Phi) is 2.64. The third kappa shape index (κ3) is 1.97. The maximum Gasteiger partial charge on any atom is 0.234 e. The van der Waals surface area contributed by atoms with E-state index in [1.54, 1.807) is 0 Å². The number of fused-ring (bicyclic) bond motifs is 1. The molecule has 15 heavy (non-hydrogen) atoms. The molecular formula is C10H12N4O. The fraction of sp³-hybridized carbons (Fsp3) is 0.200. The standard InChI is InChI=1S/C10H12N4O/c11-5-10(15)12-6-9-7-3-1-2-4-8(7)13-14-9/h1-4H,5-6,11H2,(H,12,15)(H,13,14). The number of benzene rings is 1. The third-order valence-corrected chi connectivity index (χ3v) is 2.19. The summed E-state index contributed by atoms with van der Waals surface area (Å²) in [4.78, 5) is 11.0. The number of rotatable bonds is 3. The SMILES string of the molecule is NCC(=O)NCc1[nH]nc2ccccc12. The molecule has 0 aliphatic rings. The van der Waals surface area contributed by atoms with Crippen molar-refractivity contribution >= 4 is 16.8 Å². The second-order valence-corrected chi connectivity index (χ2v) is 3.20. The van der Waals surface area contributed by atoms with Gasteiger partial charge in [0.05, 0.1) is 24.3 Å². The Morgan fingerprint density at radius 2 is 2.27 bits per heavy atom. The number of hydrogen-bond acceptors (Lipinski definition) is 3. The van der Waals surface area contributed by atoms with E-state index in [4.69, 9.17) is 5.73 Å². The normalized spacial score (nSPS) is 10.5. The number of nitrogens with one attached hydrogen (secondary N) is 2. The van der Waals surface area contributed by atoms with Crippen molar-refractivity contribution in [3.63, 3.8) is 0 Å². The molecule has 0 atom stereocenters. The molecule has 0 aliphatic carbocycles. The van der Waals surface area contributed by atoms with Gasteiger partial charge in [-0.3, -0.25) is 9.89 Å². The lowest BCUT2D eigenvalue weighted by Gasteiger charge is -2.00. The number of carbonyl (C=O) groups is 1. The van der Waals surface area contributed by atoms with Crippen molar-refractivity contribution in [2.75, 3.05) is 6.54 Å². The predicted octanol–water partition coefficient (Wildman–Crippen LogP) is 0.138. The number of carbonyl (C=O) groups excluding carboxylic acids is 1. The highest BCUT2D eigenvalue weighted by molar-refractivity contribution is 5.82.